The SMILES string of the molecule is CC1CC(C)CN(Cc2nc(N)nc(N)n2)C1. The van der Waals surface area contributed by atoms with E-state index >= 15 is 0 Å². The zero-order valence-corrected chi connectivity index (χ0v) is 10.4. The Morgan fingerprint density at radius 1 is 1.06 bits per heavy atom. The van der Waals surface area contributed by atoms with Crippen molar-refractivity contribution in [2.24, 2.45) is 11.8 Å². The summed E-state index contributed by atoms with van der Waals surface area (Å²) in [7, 11) is 0. The Balaban J connectivity index is 2.04. The number of anilines is 2. The Labute approximate surface area is 101 Å². The Hall–Kier alpha value is -1.43. The predicted octanol–water partition coefficient (Wildman–Crippen LogP) is 0.514. The van der Waals surface area contributed by atoms with Crippen LogP contribution in [-0.2, 0) is 6.54 Å². The first-order valence-electron chi connectivity index (χ1n) is 6.01. The van der Waals surface area contributed by atoms with Gasteiger partial charge in [-0.15, -0.1) is 0 Å². The van der Waals surface area contributed by atoms with E-state index in [0.717, 1.165) is 24.9 Å². The molecule has 0 aromatic carbocycles. The normalized spacial score (nSPS) is 26.0. The number of nitrogens with two attached hydrogens (primary N) is 2. The van der Waals surface area contributed by atoms with E-state index in [1.165, 1.54) is 6.42 Å². The molecule has 2 heterocycles. The molecule has 6 nitrogen and oxygen atoms in total. The molecule has 2 unspecified atom stereocenters. The minimum Gasteiger partial charge on any atom is -0.368 e. The van der Waals surface area contributed by atoms with Gasteiger partial charge in [-0.05, 0) is 18.3 Å². The fourth-order valence-corrected chi connectivity index (χ4v) is 2.65. The van der Waals surface area contributed by atoms with Crippen molar-refractivity contribution in [1.82, 2.24) is 19.9 Å². The summed E-state index contributed by atoms with van der Waals surface area (Å²) in [6, 6.07) is 0. The van der Waals surface area contributed by atoms with Crippen molar-refractivity contribution in [1.29, 1.82) is 0 Å². The first kappa shape index (κ1) is 12.0. The van der Waals surface area contributed by atoms with Crippen LogP contribution in [0.5, 0.6) is 0 Å². The van der Waals surface area contributed by atoms with Gasteiger partial charge in [0.05, 0.1) is 6.54 Å². The Morgan fingerprint density at radius 3 is 2.12 bits per heavy atom. The molecule has 1 aromatic rings. The second-order valence-electron chi connectivity index (χ2n) is 5.11. The van der Waals surface area contributed by atoms with Gasteiger partial charge in [-0.3, -0.25) is 4.90 Å². The van der Waals surface area contributed by atoms with Crippen molar-refractivity contribution < 1.29 is 0 Å². The van der Waals surface area contributed by atoms with Crippen molar-refractivity contribution in [2.75, 3.05) is 24.6 Å². The van der Waals surface area contributed by atoms with E-state index in [1.807, 2.05) is 0 Å². The standard InChI is InChI=1S/C11H20N6/c1-7-3-8(2)5-17(4-7)6-9-14-10(12)16-11(13)15-9/h7-8H,3-6H2,1-2H3,(H4,12,13,14,15,16). The quantitative estimate of drug-likeness (QED) is 0.777. The molecule has 6 heteroatoms. The van der Waals surface area contributed by atoms with Gasteiger partial charge in [0.2, 0.25) is 11.9 Å². The second kappa shape index (κ2) is 4.83. The fourth-order valence-electron chi connectivity index (χ4n) is 2.65. The summed E-state index contributed by atoms with van der Waals surface area (Å²) in [5.41, 5.74) is 11.1. The first-order chi connectivity index (χ1) is 8.02. The predicted molar refractivity (Wildman–Crippen MR) is 66.9 cm³/mol. The summed E-state index contributed by atoms with van der Waals surface area (Å²) in [6.07, 6.45) is 1.29. The third kappa shape index (κ3) is 3.26. The lowest BCUT2D eigenvalue weighted by atomic mass is 9.92. The van der Waals surface area contributed by atoms with Crippen LogP contribution < -0.4 is 11.5 Å². The third-order valence-corrected chi connectivity index (χ3v) is 3.03. The Morgan fingerprint density at radius 2 is 1.59 bits per heavy atom. The van der Waals surface area contributed by atoms with E-state index < -0.39 is 0 Å². The van der Waals surface area contributed by atoms with Crippen LogP contribution in [-0.4, -0.2) is 32.9 Å². The summed E-state index contributed by atoms with van der Waals surface area (Å²) in [4.78, 5) is 14.4. The van der Waals surface area contributed by atoms with Crippen molar-refractivity contribution in [2.45, 2.75) is 26.8 Å². The maximum Gasteiger partial charge on any atom is 0.225 e. The molecule has 4 N–H and O–H groups in total. The van der Waals surface area contributed by atoms with Gasteiger partial charge >= 0.3 is 0 Å². The van der Waals surface area contributed by atoms with Gasteiger partial charge in [0, 0.05) is 13.1 Å². The molecular weight excluding hydrogens is 216 g/mol. The number of nitrogens with zero attached hydrogens (tertiary/aromatic N) is 4. The van der Waals surface area contributed by atoms with Crippen LogP contribution in [0, 0.1) is 11.8 Å². The lowest BCUT2D eigenvalue weighted by Gasteiger charge is -2.34. The van der Waals surface area contributed by atoms with Gasteiger partial charge in [0.15, 0.2) is 0 Å². The summed E-state index contributed by atoms with van der Waals surface area (Å²) in [6.45, 7) is 7.41. The van der Waals surface area contributed by atoms with Crippen molar-refractivity contribution in [3.8, 4) is 0 Å². The van der Waals surface area contributed by atoms with Gasteiger partial charge in [-0.25, -0.2) is 0 Å². The molecule has 0 amide bonds. The van der Waals surface area contributed by atoms with Crippen molar-refractivity contribution in [3.63, 3.8) is 0 Å². The minimum atomic E-state index is 0.200. The van der Waals surface area contributed by atoms with E-state index in [9.17, 15) is 0 Å². The molecule has 1 aliphatic rings. The number of nitrogen functional groups attached to an aromatic ring is 2. The van der Waals surface area contributed by atoms with E-state index in [-0.39, 0.29) is 11.9 Å². The average Bonchev–Trinajstić information content (AvgIpc) is 2.13. The third-order valence-electron chi connectivity index (χ3n) is 3.03. The molecule has 1 saturated heterocycles. The molecule has 1 aliphatic heterocycles. The molecule has 0 bridgehead atoms. The van der Waals surface area contributed by atoms with E-state index in [4.69, 9.17) is 11.5 Å². The number of piperidine rings is 1. The van der Waals surface area contributed by atoms with Crippen LogP contribution in [0.2, 0.25) is 0 Å². The van der Waals surface area contributed by atoms with Crippen molar-refractivity contribution >= 4 is 11.9 Å². The van der Waals surface area contributed by atoms with Crippen LogP contribution in [0.3, 0.4) is 0 Å². The van der Waals surface area contributed by atoms with Gasteiger partial charge in [-0.1, -0.05) is 13.8 Å². The van der Waals surface area contributed by atoms with Crippen LogP contribution in [0.15, 0.2) is 0 Å². The average molecular weight is 236 g/mol. The zero-order valence-electron chi connectivity index (χ0n) is 10.4. The summed E-state index contributed by atoms with van der Waals surface area (Å²) >= 11 is 0. The molecule has 17 heavy (non-hydrogen) atoms. The highest BCUT2D eigenvalue weighted by molar-refractivity contribution is 5.25. The highest BCUT2D eigenvalue weighted by Gasteiger charge is 2.22. The molecule has 0 aliphatic carbocycles. The molecule has 2 rings (SSSR count). The second-order valence-corrected chi connectivity index (χ2v) is 5.11. The Kier molecular flexibility index (Phi) is 3.42. The lowest BCUT2D eigenvalue weighted by molar-refractivity contribution is 0.131. The van der Waals surface area contributed by atoms with Crippen LogP contribution in [0.25, 0.3) is 0 Å². The Bertz CT molecular complexity index is 363. The first-order valence-corrected chi connectivity index (χ1v) is 6.01. The molecule has 0 radical (unpaired) electrons. The van der Waals surface area contributed by atoms with E-state index in [2.05, 4.69) is 33.7 Å². The fraction of sp³-hybridized carbons (Fsp3) is 0.727. The molecule has 1 fully saturated rings. The minimum absolute atomic E-state index is 0.200. The number of hydrogen-bond acceptors (Lipinski definition) is 6. The molecule has 94 valence electrons. The van der Waals surface area contributed by atoms with Gasteiger partial charge in [-0.2, -0.15) is 15.0 Å². The van der Waals surface area contributed by atoms with E-state index in [0.29, 0.717) is 12.4 Å². The van der Waals surface area contributed by atoms with Crippen LogP contribution in [0.1, 0.15) is 26.1 Å². The molecule has 0 saturated carbocycles. The molecule has 1 aromatic heterocycles. The van der Waals surface area contributed by atoms with Crippen molar-refractivity contribution in [3.05, 3.63) is 5.82 Å². The molecule has 0 spiro atoms. The smallest absolute Gasteiger partial charge is 0.225 e. The lowest BCUT2D eigenvalue weighted by Crippen LogP contribution is -2.38. The maximum atomic E-state index is 5.56. The number of aromatic nitrogens is 3. The number of hydrogen-bond donors (Lipinski definition) is 2. The van der Waals surface area contributed by atoms with Gasteiger partial charge in [0.25, 0.3) is 0 Å². The summed E-state index contributed by atoms with van der Waals surface area (Å²) < 4.78 is 0. The largest absolute Gasteiger partial charge is 0.368 e. The molecule has 2 atom stereocenters. The highest BCUT2D eigenvalue weighted by atomic mass is 15.2. The van der Waals surface area contributed by atoms with Gasteiger partial charge in [0.1, 0.15) is 5.82 Å². The van der Waals surface area contributed by atoms with Crippen LogP contribution in [0.4, 0.5) is 11.9 Å². The monoisotopic (exact) mass is 236 g/mol. The number of rotatable bonds is 2. The summed E-state index contributed by atoms with van der Waals surface area (Å²) in [5.74, 6) is 2.50. The van der Waals surface area contributed by atoms with E-state index in [1.54, 1.807) is 0 Å². The summed E-state index contributed by atoms with van der Waals surface area (Å²) in [5, 5.41) is 0. The number of likely N-dealkylation sites (tertiary alicyclic amines) is 1. The topological polar surface area (TPSA) is 94.0 Å². The zero-order chi connectivity index (χ0) is 12.4. The van der Waals surface area contributed by atoms with Gasteiger partial charge < -0.3 is 11.5 Å². The van der Waals surface area contributed by atoms with Crippen LogP contribution >= 0.6 is 0 Å². The molecular formula is C11H20N6. The highest BCUT2D eigenvalue weighted by Crippen LogP contribution is 2.21. The maximum absolute atomic E-state index is 5.56.